The summed E-state index contributed by atoms with van der Waals surface area (Å²) in [5.41, 5.74) is 0. The number of hydrogen-bond donors (Lipinski definition) is 1. The van der Waals surface area contributed by atoms with E-state index in [0.29, 0.717) is 16.9 Å². The summed E-state index contributed by atoms with van der Waals surface area (Å²) < 4.78 is 10.3. The summed E-state index contributed by atoms with van der Waals surface area (Å²) in [6.07, 6.45) is 0.994. The molecule has 1 atom stereocenters. The van der Waals surface area contributed by atoms with Gasteiger partial charge >= 0.3 is 5.97 Å². The molecular formula is C9H10O4S. The van der Waals surface area contributed by atoms with Gasteiger partial charge in [-0.3, -0.25) is 0 Å². The van der Waals surface area contributed by atoms with Crippen LogP contribution in [-0.4, -0.2) is 29.5 Å². The highest BCUT2D eigenvalue weighted by Gasteiger charge is 2.19. The smallest absolute Gasteiger partial charge is 0.371 e. The Morgan fingerprint density at radius 1 is 1.57 bits per heavy atom. The van der Waals surface area contributed by atoms with Crippen LogP contribution in [0, 0.1) is 0 Å². The minimum absolute atomic E-state index is 0.00795. The van der Waals surface area contributed by atoms with Gasteiger partial charge in [0.05, 0.1) is 6.61 Å². The number of carboxylic acids is 1. The van der Waals surface area contributed by atoms with Crippen LogP contribution in [0.25, 0.3) is 0 Å². The van der Waals surface area contributed by atoms with Crippen molar-refractivity contribution in [1.82, 2.24) is 0 Å². The van der Waals surface area contributed by atoms with E-state index in [0.717, 1.165) is 13.0 Å². The number of carbonyl (C=O) groups is 1. The topological polar surface area (TPSA) is 59.7 Å². The fourth-order valence-corrected chi connectivity index (χ4v) is 2.26. The van der Waals surface area contributed by atoms with Crippen LogP contribution < -0.4 is 0 Å². The maximum Gasteiger partial charge on any atom is 0.371 e. The molecule has 2 heterocycles. The molecule has 14 heavy (non-hydrogen) atoms. The van der Waals surface area contributed by atoms with Crippen molar-refractivity contribution in [1.29, 1.82) is 0 Å². The molecule has 1 aromatic rings. The monoisotopic (exact) mass is 214 g/mol. The summed E-state index contributed by atoms with van der Waals surface area (Å²) in [4.78, 5) is 10.5. The lowest BCUT2D eigenvalue weighted by Crippen LogP contribution is -1.99. The molecule has 2 rings (SSSR count). The summed E-state index contributed by atoms with van der Waals surface area (Å²) in [5, 5.41) is 9.67. The molecule has 0 saturated carbocycles. The Bertz CT molecular complexity index is 327. The third kappa shape index (κ3) is 2.10. The van der Waals surface area contributed by atoms with Gasteiger partial charge < -0.3 is 14.3 Å². The summed E-state index contributed by atoms with van der Waals surface area (Å²) in [6.45, 7) is 1.50. The van der Waals surface area contributed by atoms with Crippen molar-refractivity contribution >= 4 is 17.7 Å². The van der Waals surface area contributed by atoms with E-state index in [1.807, 2.05) is 0 Å². The molecule has 1 N–H and O–H groups in total. The molecule has 0 aliphatic carbocycles. The van der Waals surface area contributed by atoms with Crippen molar-refractivity contribution in [3.05, 3.63) is 17.9 Å². The van der Waals surface area contributed by atoms with Gasteiger partial charge in [-0.2, -0.15) is 0 Å². The van der Waals surface area contributed by atoms with Crippen LogP contribution in [0.3, 0.4) is 0 Å². The fourth-order valence-electron chi connectivity index (χ4n) is 1.27. The van der Waals surface area contributed by atoms with Crippen molar-refractivity contribution in [3.63, 3.8) is 0 Å². The molecule has 5 heteroatoms. The molecule has 0 bridgehead atoms. The summed E-state index contributed by atoms with van der Waals surface area (Å²) in [6, 6.07) is 3.16. The molecule has 1 saturated heterocycles. The Hall–Kier alpha value is -0.940. The Balaban J connectivity index is 1.98. The molecule has 76 valence electrons. The van der Waals surface area contributed by atoms with Crippen molar-refractivity contribution in [2.24, 2.45) is 0 Å². The molecule has 1 aromatic heterocycles. The maximum atomic E-state index is 10.5. The zero-order chi connectivity index (χ0) is 9.97. The maximum absolute atomic E-state index is 10.5. The molecule has 0 aromatic carbocycles. The highest BCUT2D eigenvalue weighted by atomic mass is 32.2. The van der Waals surface area contributed by atoms with Crippen LogP contribution in [-0.2, 0) is 4.74 Å². The first-order valence-electron chi connectivity index (χ1n) is 4.33. The molecule has 0 spiro atoms. The summed E-state index contributed by atoms with van der Waals surface area (Å²) in [7, 11) is 0. The minimum atomic E-state index is -1.03. The Labute approximate surface area is 85.2 Å². The second-order valence-corrected chi connectivity index (χ2v) is 4.33. The molecule has 1 aliphatic rings. The highest BCUT2D eigenvalue weighted by Crippen LogP contribution is 2.29. The van der Waals surface area contributed by atoms with E-state index >= 15 is 0 Å². The first-order valence-corrected chi connectivity index (χ1v) is 5.21. The predicted octanol–water partition coefficient (Wildman–Crippen LogP) is 1.86. The molecule has 0 radical (unpaired) electrons. The van der Waals surface area contributed by atoms with Crippen LogP contribution in [0.5, 0.6) is 0 Å². The Morgan fingerprint density at radius 3 is 3.00 bits per heavy atom. The van der Waals surface area contributed by atoms with Crippen molar-refractivity contribution < 1.29 is 19.1 Å². The first kappa shape index (κ1) is 9.61. The minimum Gasteiger partial charge on any atom is -0.475 e. The van der Waals surface area contributed by atoms with E-state index in [1.165, 1.54) is 17.8 Å². The van der Waals surface area contributed by atoms with E-state index in [9.17, 15) is 4.79 Å². The Morgan fingerprint density at radius 2 is 2.43 bits per heavy atom. The van der Waals surface area contributed by atoms with Gasteiger partial charge in [0, 0.05) is 11.9 Å². The number of aromatic carboxylic acids is 1. The summed E-state index contributed by atoms with van der Waals surface area (Å²) in [5.74, 6) is -1.04. The highest BCUT2D eigenvalue weighted by molar-refractivity contribution is 7.99. The number of furan rings is 1. The second kappa shape index (κ2) is 4.06. The quantitative estimate of drug-likeness (QED) is 0.832. The van der Waals surface area contributed by atoms with Gasteiger partial charge in [-0.15, -0.1) is 0 Å². The fraction of sp³-hybridized carbons (Fsp3) is 0.444. The predicted molar refractivity (Wildman–Crippen MR) is 50.7 cm³/mol. The first-order chi connectivity index (χ1) is 6.75. The van der Waals surface area contributed by atoms with Gasteiger partial charge in [-0.25, -0.2) is 4.79 Å². The lowest BCUT2D eigenvalue weighted by atomic mass is 10.4. The standard InChI is InChI=1S/C9H10O4S/c10-9(11)7-1-2-8(13-7)14-6-3-4-12-5-6/h1-2,6H,3-5H2,(H,10,11). The van der Waals surface area contributed by atoms with E-state index in [4.69, 9.17) is 14.3 Å². The molecule has 1 unspecified atom stereocenters. The SMILES string of the molecule is O=C(O)c1ccc(SC2CCOC2)o1. The Kier molecular flexibility index (Phi) is 2.79. The molecule has 4 nitrogen and oxygen atoms in total. The van der Waals surface area contributed by atoms with Gasteiger partial charge in [0.2, 0.25) is 5.76 Å². The number of carboxylic acid groups (broad SMARTS) is 1. The zero-order valence-corrected chi connectivity index (χ0v) is 8.25. The lowest BCUT2D eigenvalue weighted by Gasteiger charge is -2.02. The molecule has 1 aliphatic heterocycles. The van der Waals surface area contributed by atoms with Gasteiger partial charge in [0.15, 0.2) is 5.09 Å². The van der Waals surface area contributed by atoms with E-state index < -0.39 is 5.97 Å². The van der Waals surface area contributed by atoms with Crippen LogP contribution in [0.15, 0.2) is 21.6 Å². The van der Waals surface area contributed by atoms with Gasteiger partial charge in [-0.05, 0) is 18.6 Å². The van der Waals surface area contributed by atoms with Crippen LogP contribution >= 0.6 is 11.8 Å². The molecular weight excluding hydrogens is 204 g/mol. The number of rotatable bonds is 3. The third-order valence-corrected chi connectivity index (χ3v) is 3.12. The molecule has 1 fully saturated rings. The van der Waals surface area contributed by atoms with Gasteiger partial charge in [0.25, 0.3) is 0 Å². The van der Waals surface area contributed by atoms with E-state index in [-0.39, 0.29) is 5.76 Å². The van der Waals surface area contributed by atoms with E-state index in [2.05, 4.69) is 0 Å². The number of hydrogen-bond acceptors (Lipinski definition) is 4. The normalized spacial score (nSPS) is 21.3. The van der Waals surface area contributed by atoms with Gasteiger partial charge in [0.1, 0.15) is 0 Å². The number of thioether (sulfide) groups is 1. The van der Waals surface area contributed by atoms with Crippen LogP contribution in [0.4, 0.5) is 0 Å². The zero-order valence-electron chi connectivity index (χ0n) is 7.43. The number of ether oxygens (including phenoxy) is 1. The average molecular weight is 214 g/mol. The van der Waals surface area contributed by atoms with Gasteiger partial charge in [-0.1, -0.05) is 11.8 Å². The van der Waals surface area contributed by atoms with Crippen molar-refractivity contribution in [3.8, 4) is 0 Å². The summed E-state index contributed by atoms with van der Waals surface area (Å²) >= 11 is 1.53. The largest absolute Gasteiger partial charge is 0.475 e. The third-order valence-electron chi connectivity index (χ3n) is 1.96. The van der Waals surface area contributed by atoms with Crippen molar-refractivity contribution in [2.45, 2.75) is 16.8 Å². The van der Waals surface area contributed by atoms with Crippen LogP contribution in [0.1, 0.15) is 17.0 Å². The van der Waals surface area contributed by atoms with Crippen LogP contribution in [0.2, 0.25) is 0 Å². The lowest BCUT2D eigenvalue weighted by molar-refractivity contribution is 0.0656. The molecule has 0 amide bonds. The van der Waals surface area contributed by atoms with E-state index in [1.54, 1.807) is 6.07 Å². The second-order valence-electron chi connectivity index (χ2n) is 3.03. The van der Waals surface area contributed by atoms with Crippen molar-refractivity contribution in [2.75, 3.05) is 13.2 Å². The average Bonchev–Trinajstić information content (AvgIpc) is 2.75.